The van der Waals surface area contributed by atoms with E-state index >= 15 is 0 Å². The first-order valence-corrected chi connectivity index (χ1v) is 6.74. The lowest BCUT2D eigenvalue weighted by Gasteiger charge is -2.13. The number of aromatic nitrogens is 1. The number of pyridine rings is 1. The van der Waals surface area contributed by atoms with E-state index in [1.165, 1.54) is 0 Å². The van der Waals surface area contributed by atoms with Crippen LogP contribution in [0.25, 0.3) is 0 Å². The highest BCUT2D eigenvalue weighted by Gasteiger charge is 2.15. The Bertz CT molecular complexity index is 727. The molecule has 1 aromatic heterocycles. The molecule has 0 spiro atoms. The largest absolute Gasteiger partial charge is 0.506 e. The Labute approximate surface area is 128 Å². The maximum absolute atomic E-state index is 11.9. The Hall–Kier alpha value is -2.89. The van der Waals surface area contributed by atoms with E-state index in [0.29, 0.717) is 28.2 Å². The van der Waals surface area contributed by atoms with Crippen molar-refractivity contribution in [2.45, 2.75) is 20.8 Å². The van der Waals surface area contributed by atoms with Crippen molar-refractivity contribution in [1.29, 1.82) is 0 Å². The summed E-state index contributed by atoms with van der Waals surface area (Å²) in [5, 5.41) is 14.6. The maximum Gasteiger partial charge on any atom is 0.327 e. The number of carbonyl (C=O) groups is 2. The van der Waals surface area contributed by atoms with Gasteiger partial charge in [0.1, 0.15) is 11.6 Å². The maximum atomic E-state index is 11.9. The molecule has 1 aromatic carbocycles. The number of benzene rings is 1. The topological polar surface area (TPSA) is 91.3 Å². The second-order valence-electron chi connectivity index (χ2n) is 4.92. The number of anilines is 1. The lowest BCUT2D eigenvalue weighted by molar-refractivity contribution is 0.0967. The van der Waals surface area contributed by atoms with Gasteiger partial charge in [0.15, 0.2) is 0 Å². The van der Waals surface area contributed by atoms with Gasteiger partial charge in [0.05, 0.1) is 5.69 Å². The lowest BCUT2D eigenvalue weighted by Crippen LogP contribution is -2.34. The first-order valence-electron chi connectivity index (χ1n) is 6.74. The van der Waals surface area contributed by atoms with Crippen molar-refractivity contribution in [1.82, 2.24) is 10.3 Å². The monoisotopic (exact) mass is 299 g/mol. The van der Waals surface area contributed by atoms with Gasteiger partial charge in [0.25, 0.3) is 5.91 Å². The number of imide groups is 1. The van der Waals surface area contributed by atoms with E-state index in [2.05, 4.69) is 15.6 Å². The van der Waals surface area contributed by atoms with Gasteiger partial charge in [-0.2, -0.15) is 0 Å². The third kappa shape index (κ3) is 3.22. The summed E-state index contributed by atoms with van der Waals surface area (Å²) in [7, 11) is 0. The molecule has 22 heavy (non-hydrogen) atoms. The van der Waals surface area contributed by atoms with Crippen LogP contribution in [0.3, 0.4) is 0 Å². The highest BCUT2D eigenvalue weighted by molar-refractivity contribution is 6.07. The van der Waals surface area contributed by atoms with Crippen LogP contribution in [0.4, 0.5) is 10.6 Å². The van der Waals surface area contributed by atoms with Crippen LogP contribution in [0.15, 0.2) is 30.3 Å². The Morgan fingerprint density at radius 3 is 2.32 bits per heavy atom. The molecule has 0 saturated carbocycles. The predicted octanol–water partition coefficient (Wildman–Crippen LogP) is 2.67. The number of amides is 3. The summed E-state index contributed by atoms with van der Waals surface area (Å²) < 4.78 is 0. The van der Waals surface area contributed by atoms with Crippen LogP contribution in [0.2, 0.25) is 0 Å². The van der Waals surface area contributed by atoms with Crippen molar-refractivity contribution >= 4 is 17.8 Å². The Balaban J connectivity index is 2.12. The second-order valence-corrected chi connectivity index (χ2v) is 4.92. The fourth-order valence-electron chi connectivity index (χ4n) is 1.96. The molecule has 0 radical (unpaired) electrons. The van der Waals surface area contributed by atoms with Gasteiger partial charge in [-0.25, -0.2) is 9.78 Å². The zero-order valence-corrected chi connectivity index (χ0v) is 12.6. The molecule has 0 bridgehead atoms. The molecular formula is C16H17N3O3. The molecule has 2 rings (SSSR count). The number of carbonyl (C=O) groups excluding carboxylic acids is 2. The summed E-state index contributed by atoms with van der Waals surface area (Å²) in [5.74, 6) is -0.0852. The van der Waals surface area contributed by atoms with Gasteiger partial charge < -0.3 is 5.11 Å². The van der Waals surface area contributed by atoms with Crippen molar-refractivity contribution in [3.05, 3.63) is 52.7 Å². The lowest BCUT2D eigenvalue weighted by atomic mass is 10.1. The smallest absolute Gasteiger partial charge is 0.327 e. The molecule has 1 heterocycles. The van der Waals surface area contributed by atoms with E-state index in [4.69, 9.17) is 0 Å². The fourth-order valence-corrected chi connectivity index (χ4v) is 1.96. The third-order valence-corrected chi connectivity index (χ3v) is 3.39. The summed E-state index contributed by atoms with van der Waals surface area (Å²) in [6.45, 7) is 5.10. The molecule has 0 atom stereocenters. The van der Waals surface area contributed by atoms with Crippen LogP contribution in [-0.4, -0.2) is 22.0 Å². The van der Waals surface area contributed by atoms with E-state index in [1.807, 2.05) is 0 Å². The molecular weight excluding hydrogens is 282 g/mol. The number of aromatic hydroxyl groups is 1. The molecule has 0 saturated heterocycles. The molecule has 2 aromatic rings. The summed E-state index contributed by atoms with van der Waals surface area (Å²) in [4.78, 5) is 27.9. The van der Waals surface area contributed by atoms with Crippen LogP contribution < -0.4 is 10.6 Å². The highest BCUT2D eigenvalue weighted by atomic mass is 16.3. The molecule has 6 heteroatoms. The zero-order valence-electron chi connectivity index (χ0n) is 12.6. The molecule has 3 N–H and O–H groups in total. The van der Waals surface area contributed by atoms with Crippen molar-refractivity contribution in [2.24, 2.45) is 0 Å². The SMILES string of the molecule is Cc1nc(NC(=O)NC(=O)c2ccccc2)c(C)c(C)c1O. The number of hydrogen-bond donors (Lipinski definition) is 3. The number of nitrogens with zero attached hydrogens (tertiary/aromatic N) is 1. The van der Waals surface area contributed by atoms with Gasteiger partial charge in [-0.1, -0.05) is 18.2 Å². The summed E-state index contributed by atoms with van der Waals surface area (Å²) >= 11 is 0. The van der Waals surface area contributed by atoms with Gasteiger partial charge in [-0.15, -0.1) is 0 Å². The third-order valence-electron chi connectivity index (χ3n) is 3.39. The van der Waals surface area contributed by atoms with Gasteiger partial charge in [0.2, 0.25) is 0 Å². The Kier molecular flexibility index (Phi) is 4.41. The normalized spacial score (nSPS) is 10.1. The number of hydrogen-bond acceptors (Lipinski definition) is 4. The number of urea groups is 1. The summed E-state index contributed by atoms with van der Waals surface area (Å²) in [6.07, 6.45) is 0. The molecule has 114 valence electrons. The average Bonchev–Trinajstić information content (AvgIpc) is 2.51. The highest BCUT2D eigenvalue weighted by Crippen LogP contribution is 2.27. The minimum atomic E-state index is -0.672. The molecule has 6 nitrogen and oxygen atoms in total. The molecule has 0 aliphatic heterocycles. The summed E-state index contributed by atoms with van der Waals surface area (Å²) in [5.41, 5.74) is 2.08. The van der Waals surface area contributed by atoms with E-state index < -0.39 is 11.9 Å². The van der Waals surface area contributed by atoms with Crippen LogP contribution in [0.1, 0.15) is 27.2 Å². The minimum Gasteiger partial charge on any atom is -0.506 e. The Morgan fingerprint density at radius 2 is 1.68 bits per heavy atom. The van der Waals surface area contributed by atoms with E-state index in [9.17, 15) is 14.7 Å². The first kappa shape index (κ1) is 15.5. The molecule has 0 fully saturated rings. The van der Waals surface area contributed by atoms with Crippen LogP contribution in [0, 0.1) is 20.8 Å². The molecule has 0 aliphatic rings. The number of aryl methyl sites for hydroxylation is 1. The molecule has 0 unspecified atom stereocenters. The quantitative estimate of drug-likeness (QED) is 0.795. The van der Waals surface area contributed by atoms with Crippen LogP contribution in [0.5, 0.6) is 5.75 Å². The Morgan fingerprint density at radius 1 is 1.05 bits per heavy atom. The van der Waals surface area contributed by atoms with Gasteiger partial charge in [0, 0.05) is 5.56 Å². The van der Waals surface area contributed by atoms with Crippen LogP contribution in [-0.2, 0) is 0 Å². The fraction of sp³-hybridized carbons (Fsp3) is 0.188. The summed E-state index contributed by atoms with van der Waals surface area (Å²) in [6, 6.07) is 7.76. The van der Waals surface area contributed by atoms with Crippen molar-refractivity contribution in [2.75, 3.05) is 5.32 Å². The zero-order chi connectivity index (χ0) is 16.3. The van der Waals surface area contributed by atoms with Crippen LogP contribution >= 0.6 is 0 Å². The molecule has 3 amide bonds. The second kappa shape index (κ2) is 6.26. The standard InChI is InChI=1S/C16H17N3O3/c1-9-10(2)14(17-11(3)13(9)20)18-16(22)19-15(21)12-7-5-4-6-8-12/h4-8,20H,1-3H3,(H2,17,18,19,21,22). The average molecular weight is 299 g/mol. The number of rotatable bonds is 2. The van der Waals surface area contributed by atoms with E-state index in [1.54, 1.807) is 51.1 Å². The van der Waals surface area contributed by atoms with Crippen molar-refractivity contribution in [3.8, 4) is 5.75 Å². The van der Waals surface area contributed by atoms with E-state index in [0.717, 1.165) is 0 Å². The molecule has 0 aliphatic carbocycles. The van der Waals surface area contributed by atoms with Gasteiger partial charge in [-0.3, -0.25) is 15.4 Å². The minimum absolute atomic E-state index is 0.101. The number of nitrogens with one attached hydrogen (secondary N) is 2. The van der Waals surface area contributed by atoms with Crippen molar-refractivity contribution in [3.63, 3.8) is 0 Å². The first-order chi connectivity index (χ1) is 10.4. The van der Waals surface area contributed by atoms with E-state index in [-0.39, 0.29) is 5.75 Å². The van der Waals surface area contributed by atoms with Gasteiger partial charge >= 0.3 is 6.03 Å². The predicted molar refractivity (Wildman–Crippen MR) is 83.0 cm³/mol. The van der Waals surface area contributed by atoms with Crippen molar-refractivity contribution < 1.29 is 14.7 Å². The van der Waals surface area contributed by atoms with Gasteiger partial charge in [-0.05, 0) is 44.0 Å².